The molecule has 3 rings (SSSR count). The molecule has 0 saturated carbocycles. The molecule has 0 unspecified atom stereocenters. The summed E-state index contributed by atoms with van der Waals surface area (Å²) in [5, 5.41) is 1.03. The minimum atomic E-state index is -0.341. The van der Waals surface area contributed by atoms with E-state index in [1.165, 1.54) is 0 Å². The smallest absolute Gasteiger partial charge is 0.289 e. The molecular formula is C11H6Cl2N4O. The highest BCUT2D eigenvalue weighted by Crippen LogP contribution is 2.25. The van der Waals surface area contributed by atoms with Crippen LogP contribution in [0.4, 0.5) is 0 Å². The van der Waals surface area contributed by atoms with Crippen molar-refractivity contribution in [1.82, 2.24) is 19.9 Å². The van der Waals surface area contributed by atoms with Crippen molar-refractivity contribution in [3.8, 4) is 11.3 Å². The zero-order chi connectivity index (χ0) is 12.7. The lowest BCUT2D eigenvalue weighted by atomic mass is 10.2. The molecule has 2 aromatic heterocycles. The van der Waals surface area contributed by atoms with Gasteiger partial charge >= 0.3 is 5.69 Å². The molecule has 1 aromatic carbocycles. The average Bonchev–Trinajstić information content (AvgIpc) is 2.66. The zero-order valence-electron chi connectivity index (χ0n) is 8.87. The van der Waals surface area contributed by atoms with Crippen molar-refractivity contribution >= 4 is 34.5 Å². The molecule has 90 valence electrons. The van der Waals surface area contributed by atoms with Gasteiger partial charge in [-0.15, -0.1) is 0 Å². The maximum Gasteiger partial charge on any atom is 0.326 e. The SMILES string of the molecule is O=c1[nH]c2ncc(-c3cc(Cl)cc(Cl)c3)nc2[nH]1. The summed E-state index contributed by atoms with van der Waals surface area (Å²) in [5.74, 6) is 0. The summed E-state index contributed by atoms with van der Waals surface area (Å²) >= 11 is 11.9. The van der Waals surface area contributed by atoms with E-state index >= 15 is 0 Å². The third-order valence-corrected chi connectivity index (χ3v) is 2.83. The molecule has 2 N–H and O–H groups in total. The fraction of sp³-hybridized carbons (Fsp3) is 0. The Balaban J connectivity index is 2.21. The number of rotatable bonds is 1. The highest BCUT2D eigenvalue weighted by atomic mass is 35.5. The summed E-state index contributed by atoms with van der Waals surface area (Å²) in [6.45, 7) is 0. The van der Waals surface area contributed by atoms with Crippen LogP contribution in [0, 0.1) is 0 Å². The first kappa shape index (κ1) is 11.3. The number of imidazole rings is 1. The van der Waals surface area contributed by atoms with Gasteiger partial charge in [-0.05, 0) is 18.2 Å². The van der Waals surface area contributed by atoms with Crippen molar-refractivity contribution in [2.75, 3.05) is 0 Å². The molecule has 0 saturated heterocycles. The Kier molecular flexibility index (Phi) is 2.57. The van der Waals surface area contributed by atoms with Crippen LogP contribution in [-0.2, 0) is 0 Å². The number of benzene rings is 1. The zero-order valence-corrected chi connectivity index (χ0v) is 10.4. The van der Waals surface area contributed by atoms with Gasteiger partial charge in [-0.1, -0.05) is 23.2 Å². The van der Waals surface area contributed by atoms with Gasteiger partial charge in [-0.2, -0.15) is 0 Å². The van der Waals surface area contributed by atoms with Crippen LogP contribution >= 0.6 is 23.2 Å². The number of hydrogen-bond donors (Lipinski definition) is 2. The number of hydrogen-bond acceptors (Lipinski definition) is 3. The molecule has 0 amide bonds. The van der Waals surface area contributed by atoms with Crippen molar-refractivity contribution in [1.29, 1.82) is 0 Å². The maximum absolute atomic E-state index is 11.1. The molecule has 3 aromatic rings. The minimum Gasteiger partial charge on any atom is -0.289 e. The van der Waals surface area contributed by atoms with Crippen LogP contribution in [0.3, 0.4) is 0 Å². The highest BCUT2D eigenvalue weighted by Gasteiger charge is 2.06. The van der Waals surface area contributed by atoms with Gasteiger partial charge in [0.25, 0.3) is 0 Å². The van der Waals surface area contributed by atoms with Crippen LogP contribution in [0.15, 0.2) is 29.2 Å². The van der Waals surface area contributed by atoms with Gasteiger partial charge in [0.15, 0.2) is 11.3 Å². The Morgan fingerprint density at radius 3 is 2.39 bits per heavy atom. The maximum atomic E-state index is 11.1. The van der Waals surface area contributed by atoms with E-state index in [4.69, 9.17) is 23.2 Å². The van der Waals surface area contributed by atoms with Crippen LogP contribution in [0.25, 0.3) is 22.6 Å². The number of halogens is 2. The predicted molar refractivity (Wildman–Crippen MR) is 70.0 cm³/mol. The second-order valence-corrected chi connectivity index (χ2v) is 4.56. The highest BCUT2D eigenvalue weighted by molar-refractivity contribution is 6.35. The van der Waals surface area contributed by atoms with Crippen LogP contribution in [0.5, 0.6) is 0 Å². The van der Waals surface area contributed by atoms with Gasteiger partial charge in [0.05, 0.1) is 11.9 Å². The van der Waals surface area contributed by atoms with Gasteiger partial charge in [-0.3, -0.25) is 9.97 Å². The molecule has 2 heterocycles. The van der Waals surface area contributed by atoms with Gasteiger partial charge in [0.2, 0.25) is 0 Å². The molecule has 18 heavy (non-hydrogen) atoms. The molecular weight excluding hydrogens is 275 g/mol. The summed E-state index contributed by atoms with van der Waals surface area (Å²) in [4.78, 5) is 24.6. The monoisotopic (exact) mass is 280 g/mol. The predicted octanol–water partition coefficient (Wildman–Crippen LogP) is 2.62. The van der Waals surface area contributed by atoms with Gasteiger partial charge in [0.1, 0.15) is 0 Å². The van der Waals surface area contributed by atoms with E-state index < -0.39 is 0 Å². The minimum absolute atomic E-state index is 0.341. The van der Waals surface area contributed by atoms with Gasteiger partial charge in [-0.25, -0.2) is 14.8 Å². The number of aromatic nitrogens is 4. The lowest BCUT2D eigenvalue weighted by Crippen LogP contribution is -1.99. The fourth-order valence-corrected chi connectivity index (χ4v) is 2.18. The standard InChI is InChI=1S/C11H6Cl2N4O/c12-6-1-5(2-7(13)3-6)8-4-14-9-10(15-8)17-11(18)16-9/h1-4H,(H2,14,15,16,17,18). The first-order valence-corrected chi connectivity index (χ1v) is 5.79. The van der Waals surface area contributed by atoms with E-state index in [9.17, 15) is 4.79 Å². The third-order valence-electron chi connectivity index (χ3n) is 2.39. The Morgan fingerprint density at radius 2 is 1.67 bits per heavy atom. The van der Waals surface area contributed by atoms with Crippen molar-refractivity contribution < 1.29 is 0 Å². The lowest BCUT2D eigenvalue weighted by Gasteiger charge is -2.02. The third kappa shape index (κ3) is 1.98. The summed E-state index contributed by atoms with van der Waals surface area (Å²) in [5.41, 5.74) is 1.79. The Hall–Kier alpha value is -1.85. The van der Waals surface area contributed by atoms with Crippen molar-refractivity contribution in [3.63, 3.8) is 0 Å². The lowest BCUT2D eigenvalue weighted by molar-refractivity contribution is 1.20. The quantitative estimate of drug-likeness (QED) is 0.720. The van der Waals surface area contributed by atoms with Gasteiger partial charge < -0.3 is 0 Å². The number of nitrogens with zero attached hydrogens (tertiary/aromatic N) is 2. The van der Waals surface area contributed by atoms with Crippen LogP contribution in [0.1, 0.15) is 0 Å². The molecule has 0 spiro atoms. The molecule has 7 heteroatoms. The molecule has 0 radical (unpaired) electrons. The topological polar surface area (TPSA) is 74.4 Å². The van der Waals surface area contributed by atoms with E-state index in [1.807, 2.05) is 0 Å². The summed E-state index contributed by atoms with van der Waals surface area (Å²) in [6.07, 6.45) is 1.55. The second-order valence-electron chi connectivity index (χ2n) is 3.69. The average molecular weight is 281 g/mol. The first-order valence-electron chi connectivity index (χ1n) is 5.03. The van der Waals surface area contributed by atoms with Crippen molar-refractivity contribution in [3.05, 3.63) is 44.9 Å². The Bertz CT molecular complexity index is 773. The van der Waals surface area contributed by atoms with E-state index in [0.717, 1.165) is 5.56 Å². The number of aromatic amines is 2. The van der Waals surface area contributed by atoms with E-state index in [2.05, 4.69) is 19.9 Å². The number of nitrogens with one attached hydrogen (secondary N) is 2. The molecule has 0 aliphatic rings. The van der Waals surface area contributed by atoms with Gasteiger partial charge in [0, 0.05) is 15.6 Å². The first-order chi connectivity index (χ1) is 8.61. The summed E-state index contributed by atoms with van der Waals surface area (Å²) < 4.78 is 0. The number of H-pyrrole nitrogens is 2. The van der Waals surface area contributed by atoms with E-state index in [1.54, 1.807) is 24.4 Å². The van der Waals surface area contributed by atoms with Crippen molar-refractivity contribution in [2.24, 2.45) is 0 Å². The molecule has 5 nitrogen and oxygen atoms in total. The molecule has 0 aliphatic heterocycles. The molecule has 0 bridgehead atoms. The largest absolute Gasteiger partial charge is 0.326 e. The van der Waals surface area contributed by atoms with Crippen LogP contribution < -0.4 is 5.69 Å². The van der Waals surface area contributed by atoms with Crippen LogP contribution in [0.2, 0.25) is 10.0 Å². The molecule has 0 fully saturated rings. The number of fused-ring (bicyclic) bond motifs is 1. The summed E-state index contributed by atoms with van der Waals surface area (Å²) in [6, 6.07) is 5.10. The van der Waals surface area contributed by atoms with E-state index in [0.29, 0.717) is 27.0 Å². The molecule has 0 atom stereocenters. The Labute approximate surface area is 111 Å². The Morgan fingerprint density at radius 1 is 1.00 bits per heavy atom. The van der Waals surface area contributed by atoms with E-state index in [-0.39, 0.29) is 5.69 Å². The molecule has 0 aliphatic carbocycles. The second kappa shape index (κ2) is 4.12. The van der Waals surface area contributed by atoms with Crippen molar-refractivity contribution in [2.45, 2.75) is 0 Å². The fourth-order valence-electron chi connectivity index (χ4n) is 1.65. The summed E-state index contributed by atoms with van der Waals surface area (Å²) in [7, 11) is 0. The van der Waals surface area contributed by atoms with Crippen LogP contribution in [-0.4, -0.2) is 19.9 Å². The normalized spacial score (nSPS) is 11.0.